The molecular weight excluding hydrogens is 236 g/mol. The van der Waals surface area contributed by atoms with Gasteiger partial charge in [-0.05, 0) is 25.0 Å². The zero-order valence-electron chi connectivity index (χ0n) is 9.58. The number of hydrogen-bond donors (Lipinski definition) is 1. The van der Waals surface area contributed by atoms with Crippen LogP contribution in [-0.4, -0.2) is 36.0 Å². The maximum absolute atomic E-state index is 12.5. The Morgan fingerprint density at radius 2 is 2.12 bits per heavy atom. The average Bonchev–Trinajstić information content (AvgIpc) is 3.10. The normalized spacial score (nSPS) is 21.6. The zero-order valence-corrected chi connectivity index (χ0v) is 10.3. The largest absolute Gasteiger partial charge is 0.330 e. The monoisotopic (exact) mass is 250 g/mol. The molecule has 0 bridgehead atoms. The van der Waals surface area contributed by atoms with Gasteiger partial charge in [0.25, 0.3) is 5.91 Å². The van der Waals surface area contributed by atoms with Gasteiger partial charge in [0.15, 0.2) is 0 Å². The van der Waals surface area contributed by atoms with Crippen LogP contribution in [0.15, 0.2) is 24.3 Å². The molecule has 1 saturated carbocycles. The number of piperazine rings is 1. The van der Waals surface area contributed by atoms with Crippen LogP contribution in [0.5, 0.6) is 0 Å². The van der Waals surface area contributed by atoms with E-state index in [-0.39, 0.29) is 11.4 Å². The number of carbonyl (C=O) groups is 1. The smallest absolute Gasteiger partial charge is 0.255 e. The summed E-state index contributed by atoms with van der Waals surface area (Å²) in [5, 5.41) is 3.91. The van der Waals surface area contributed by atoms with E-state index in [2.05, 4.69) is 5.32 Å². The van der Waals surface area contributed by atoms with E-state index in [1.54, 1.807) is 6.07 Å². The molecule has 0 unspecified atom stereocenters. The summed E-state index contributed by atoms with van der Waals surface area (Å²) >= 11 is 6.09. The minimum absolute atomic E-state index is 0.0779. The summed E-state index contributed by atoms with van der Waals surface area (Å²) in [6, 6.07) is 7.30. The number of nitrogens with one attached hydrogen (secondary N) is 1. The summed E-state index contributed by atoms with van der Waals surface area (Å²) in [6.45, 7) is 2.57. The van der Waals surface area contributed by atoms with Gasteiger partial charge in [-0.25, -0.2) is 0 Å². The van der Waals surface area contributed by atoms with Crippen molar-refractivity contribution in [1.82, 2.24) is 10.2 Å². The minimum atomic E-state index is 0.0779. The van der Waals surface area contributed by atoms with Crippen molar-refractivity contribution in [2.24, 2.45) is 0 Å². The molecule has 90 valence electrons. The van der Waals surface area contributed by atoms with E-state index < -0.39 is 0 Å². The first kappa shape index (κ1) is 11.1. The van der Waals surface area contributed by atoms with E-state index in [4.69, 9.17) is 11.6 Å². The third-order valence-electron chi connectivity index (χ3n) is 3.72. The predicted molar refractivity (Wildman–Crippen MR) is 67.3 cm³/mol. The summed E-state index contributed by atoms with van der Waals surface area (Å²) in [6.07, 6.45) is 2.21. The topological polar surface area (TPSA) is 32.3 Å². The molecule has 3 nitrogen and oxygen atoms in total. The lowest BCUT2D eigenvalue weighted by atomic mass is 10.1. The van der Waals surface area contributed by atoms with E-state index in [1.807, 2.05) is 23.1 Å². The summed E-state index contributed by atoms with van der Waals surface area (Å²) in [7, 11) is 0. The van der Waals surface area contributed by atoms with E-state index in [0.29, 0.717) is 10.6 Å². The van der Waals surface area contributed by atoms with Crippen LogP contribution in [0.25, 0.3) is 0 Å². The molecular formula is C13H15ClN2O. The number of hydrogen-bond acceptors (Lipinski definition) is 2. The second-order valence-electron chi connectivity index (χ2n) is 4.84. The molecule has 0 aromatic heterocycles. The van der Waals surface area contributed by atoms with Crippen LogP contribution in [0.1, 0.15) is 23.2 Å². The lowest BCUT2D eigenvalue weighted by Gasteiger charge is -2.37. The highest BCUT2D eigenvalue weighted by Crippen LogP contribution is 2.43. The Balaban J connectivity index is 1.89. The molecule has 2 aliphatic rings. The van der Waals surface area contributed by atoms with Gasteiger partial charge in [-0.2, -0.15) is 0 Å². The van der Waals surface area contributed by atoms with Crippen molar-refractivity contribution in [3.63, 3.8) is 0 Å². The fourth-order valence-electron chi connectivity index (χ4n) is 2.53. The molecule has 1 aromatic carbocycles. The van der Waals surface area contributed by atoms with Crippen molar-refractivity contribution in [2.45, 2.75) is 18.4 Å². The quantitative estimate of drug-likeness (QED) is 0.826. The van der Waals surface area contributed by atoms with Gasteiger partial charge in [0.05, 0.1) is 16.1 Å². The van der Waals surface area contributed by atoms with Crippen LogP contribution < -0.4 is 5.32 Å². The van der Waals surface area contributed by atoms with E-state index in [9.17, 15) is 4.79 Å². The van der Waals surface area contributed by atoms with E-state index in [1.165, 1.54) is 0 Å². The highest BCUT2D eigenvalue weighted by Gasteiger charge is 2.51. The molecule has 1 N–H and O–H groups in total. The SMILES string of the molecule is O=C(c1ccccc1Cl)N1CCNCC12CC2. The first-order valence-corrected chi connectivity index (χ1v) is 6.38. The van der Waals surface area contributed by atoms with Crippen molar-refractivity contribution < 1.29 is 4.79 Å². The first-order chi connectivity index (χ1) is 8.23. The Bertz CT molecular complexity index is 456. The Morgan fingerprint density at radius 3 is 2.82 bits per heavy atom. The van der Waals surface area contributed by atoms with Gasteiger partial charge in [0.2, 0.25) is 0 Å². The Hall–Kier alpha value is -1.06. The second-order valence-corrected chi connectivity index (χ2v) is 5.24. The van der Waals surface area contributed by atoms with E-state index >= 15 is 0 Å². The number of amides is 1. The summed E-state index contributed by atoms with van der Waals surface area (Å²) in [4.78, 5) is 14.5. The molecule has 0 atom stereocenters. The number of rotatable bonds is 1. The van der Waals surface area contributed by atoms with Crippen molar-refractivity contribution in [3.8, 4) is 0 Å². The summed E-state index contributed by atoms with van der Waals surface area (Å²) in [5.74, 6) is 0.0783. The van der Waals surface area contributed by atoms with Crippen molar-refractivity contribution >= 4 is 17.5 Å². The number of nitrogens with zero attached hydrogens (tertiary/aromatic N) is 1. The maximum Gasteiger partial charge on any atom is 0.255 e. The molecule has 1 amide bonds. The Labute approximate surface area is 106 Å². The number of carbonyl (C=O) groups excluding carboxylic acids is 1. The third-order valence-corrected chi connectivity index (χ3v) is 4.04. The van der Waals surface area contributed by atoms with Gasteiger partial charge in [0.1, 0.15) is 0 Å². The lowest BCUT2D eigenvalue weighted by Crippen LogP contribution is -2.55. The van der Waals surface area contributed by atoms with Crippen LogP contribution in [0.2, 0.25) is 5.02 Å². The van der Waals surface area contributed by atoms with Gasteiger partial charge in [0, 0.05) is 19.6 Å². The minimum Gasteiger partial charge on any atom is -0.330 e. The highest BCUT2D eigenvalue weighted by molar-refractivity contribution is 6.33. The predicted octanol–water partition coefficient (Wildman–Crippen LogP) is 1.92. The molecule has 1 saturated heterocycles. The van der Waals surface area contributed by atoms with Gasteiger partial charge in [-0.1, -0.05) is 23.7 Å². The maximum atomic E-state index is 12.5. The van der Waals surface area contributed by atoms with Crippen molar-refractivity contribution in [1.29, 1.82) is 0 Å². The van der Waals surface area contributed by atoms with Gasteiger partial charge < -0.3 is 10.2 Å². The summed E-state index contributed by atoms with van der Waals surface area (Å²) < 4.78 is 0. The molecule has 1 heterocycles. The third kappa shape index (κ3) is 1.83. The number of halogens is 1. The van der Waals surface area contributed by atoms with Crippen molar-refractivity contribution in [3.05, 3.63) is 34.9 Å². The Kier molecular flexibility index (Phi) is 2.60. The molecule has 2 fully saturated rings. The van der Waals surface area contributed by atoms with Crippen LogP contribution in [-0.2, 0) is 0 Å². The van der Waals surface area contributed by atoms with Gasteiger partial charge >= 0.3 is 0 Å². The van der Waals surface area contributed by atoms with Crippen LogP contribution in [0.4, 0.5) is 0 Å². The van der Waals surface area contributed by atoms with Gasteiger partial charge in [-0.3, -0.25) is 4.79 Å². The molecule has 17 heavy (non-hydrogen) atoms. The highest BCUT2D eigenvalue weighted by atomic mass is 35.5. The lowest BCUT2D eigenvalue weighted by molar-refractivity contribution is 0.0601. The zero-order chi connectivity index (χ0) is 11.9. The van der Waals surface area contributed by atoms with Crippen LogP contribution in [0, 0.1) is 0 Å². The standard InChI is InChI=1S/C13H15ClN2O/c14-11-4-2-1-3-10(11)12(17)16-8-7-15-9-13(16)5-6-13/h1-4,15H,5-9H2. The molecule has 1 aliphatic heterocycles. The van der Waals surface area contributed by atoms with Gasteiger partial charge in [-0.15, -0.1) is 0 Å². The van der Waals surface area contributed by atoms with Crippen LogP contribution >= 0.6 is 11.6 Å². The molecule has 1 aromatic rings. The van der Waals surface area contributed by atoms with Crippen molar-refractivity contribution in [2.75, 3.05) is 19.6 Å². The number of benzene rings is 1. The fraction of sp³-hybridized carbons (Fsp3) is 0.462. The fourth-order valence-corrected chi connectivity index (χ4v) is 2.75. The van der Waals surface area contributed by atoms with Crippen LogP contribution in [0.3, 0.4) is 0 Å². The second kappa shape index (κ2) is 4.00. The average molecular weight is 251 g/mol. The Morgan fingerprint density at radius 1 is 1.35 bits per heavy atom. The molecule has 1 spiro atoms. The molecule has 0 radical (unpaired) electrons. The first-order valence-electron chi connectivity index (χ1n) is 6.00. The molecule has 3 rings (SSSR count). The molecule has 1 aliphatic carbocycles. The summed E-state index contributed by atoms with van der Waals surface area (Å²) in [5.41, 5.74) is 0.705. The molecule has 4 heteroatoms. The van der Waals surface area contributed by atoms with E-state index in [0.717, 1.165) is 32.5 Å².